The van der Waals surface area contributed by atoms with Gasteiger partial charge in [-0.2, -0.15) is 13.2 Å². The monoisotopic (exact) mass is 404 g/mol. The van der Waals surface area contributed by atoms with Gasteiger partial charge in [0.05, 0.1) is 40.6 Å². The molecule has 0 fully saturated rings. The van der Waals surface area contributed by atoms with E-state index in [-0.39, 0.29) is 5.52 Å². The lowest BCUT2D eigenvalue weighted by Gasteiger charge is -2.10. The number of alkyl halides is 3. The van der Waals surface area contributed by atoms with Crippen molar-refractivity contribution in [3.05, 3.63) is 65.4 Å². The maximum Gasteiger partial charge on any atom is 0.416 e. The Bertz CT molecular complexity index is 1140. The minimum Gasteiger partial charge on any atom is -0.481 e. The van der Waals surface area contributed by atoms with Crippen LogP contribution in [0.15, 0.2) is 54.9 Å². The summed E-state index contributed by atoms with van der Waals surface area (Å²) < 4.78 is 46.1. The van der Waals surface area contributed by atoms with Gasteiger partial charge in [-0.05, 0) is 36.4 Å². The van der Waals surface area contributed by atoms with E-state index in [0.717, 1.165) is 12.1 Å². The van der Waals surface area contributed by atoms with Gasteiger partial charge in [-0.15, -0.1) is 0 Å². The number of aromatic nitrogens is 4. The first-order valence-electron chi connectivity index (χ1n) is 8.09. The Morgan fingerprint density at radius 3 is 2.43 bits per heavy atom. The van der Waals surface area contributed by atoms with E-state index < -0.39 is 11.7 Å². The maximum absolute atomic E-state index is 13.1. The lowest BCUT2D eigenvalue weighted by molar-refractivity contribution is -0.137. The summed E-state index contributed by atoms with van der Waals surface area (Å²) in [6.45, 7) is 0. The van der Waals surface area contributed by atoms with E-state index in [1.54, 1.807) is 35.0 Å². The molecule has 3 aromatic heterocycles. The van der Waals surface area contributed by atoms with E-state index in [1.807, 2.05) is 0 Å². The molecule has 3 heterocycles. The summed E-state index contributed by atoms with van der Waals surface area (Å²) >= 11 is 5.90. The van der Waals surface area contributed by atoms with Crippen molar-refractivity contribution in [1.29, 1.82) is 0 Å². The molecule has 5 nitrogen and oxygen atoms in total. The average molecular weight is 405 g/mol. The van der Waals surface area contributed by atoms with Crippen LogP contribution in [0.1, 0.15) is 5.56 Å². The Morgan fingerprint density at radius 2 is 1.82 bits per heavy atom. The van der Waals surface area contributed by atoms with Gasteiger partial charge in [-0.3, -0.25) is 9.55 Å². The molecule has 9 heteroatoms. The van der Waals surface area contributed by atoms with Crippen LogP contribution in [0.4, 0.5) is 13.2 Å². The van der Waals surface area contributed by atoms with E-state index in [9.17, 15) is 13.2 Å². The van der Waals surface area contributed by atoms with Crippen LogP contribution in [0.25, 0.3) is 28.2 Å². The minimum absolute atomic E-state index is 0.192. The normalized spacial score (nSPS) is 11.8. The standard InChI is InChI=1S/C19H12ClF3N4O/c1-28-17-7-4-13(10-25-17)27-16-6-2-11(19(21,22)23)8-15(16)26-18(27)14-5-3-12(20)9-24-14/h2-10H,1H3. The molecule has 142 valence electrons. The molecule has 4 aromatic rings. The topological polar surface area (TPSA) is 52.8 Å². The van der Waals surface area contributed by atoms with Gasteiger partial charge in [0.25, 0.3) is 0 Å². The Kier molecular flexibility index (Phi) is 4.43. The van der Waals surface area contributed by atoms with Gasteiger partial charge in [0.15, 0.2) is 5.82 Å². The molecule has 0 N–H and O–H groups in total. The van der Waals surface area contributed by atoms with Crippen LogP contribution in [0.5, 0.6) is 5.88 Å². The zero-order valence-electron chi connectivity index (χ0n) is 14.4. The third-order valence-corrected chi connectivity index (χ3v) is 4.35. The summed E-state index contributed by atoms with van der Waals surface area (Å²) in [7, 11) is 1.50. The zero-order valence-corrected chi connectivity index (χ0v) is 15.2. The number of ether oxygens (including phenoxy) is 1. The molecule has 0 radical (unpaired) electrons. The van der Waals surface area contributed by atoms with Crippen molar-refractivity contribution in [2.24, 2.45) is 0 Å². The zero-order chi connectivity index (χ0) is 19.9. The molecule has 0 saturated heterocycles. The fraction of sp³-hybridized carbons (Fsp3) is 0.105. The predicted octanol–water partition coefficient (Wildman–Crippen LogP) is 5.16. The summed E-state index contributed by atoms with van der Waals surface area (Å²) in [6, 6.07) is 10.1. The third kappa shape index (κ3) is 3.27. The van der Waals surface area contributed by atoms with Gasteiger partial charge < -0.3 is 4.74 Å². The molecule has 0 amide bonds. The molecule has 0 aliphatic rings. The van der Waals surface area contributed by atoms with E-state index in [1.165, 1.54) is 19.4 Å². The van der Waals surface area contributed by atoms with Crippen molar-refractivity contribution in [2.75, 3.05) is 7.11 Å². The quantitative estimate of drug-likeness (QED) is 0.473. The van der Waals surface area contributed by atoms with Gasteiger partial charge in [0.2, 0.25) is 5.88 Å². The highest BCUT2D eigenvalue weighted by atomic mass is 35.5. The Morgan fingerprint density at radius 1 is 1.00 bits per heavy atom. The number of hydrogen-bond acceptors (Lipinski definition) is 4. The Labute approximate surface area is 162 Å². The van der Waals surface area contributed by atoms with E-state index in [4.69, 9.17) is 16.3 Å². The number of hydrogen-bond donors (Lipinski definition) is 0. The molecule has 0 atom stereocenters. The van der Waals surface area contributed by atoms with Crippen LogP contribution in [-0.2, 0) is 6.18 Å². The van der Waals surface area contributed by atoms with E-state index >= 15 is 0 Å². The molecule has 0 aliphatic heterocycles. The number of rotatable bonds is 3. The first-order valence-corrected chi connectivity index (χ1v) is 8.46. The van der Waals surface area contributed by atoms with Crippen molar-refractivity contribution in [3.8, 4) is 23.1 Å². The third-order valence-electron chi connectivity index (χ3n) is 4.13. The van der Waals surface area contributed by atoms with Crippen molar-refractivity contribution >= 4 is 22.6 Å². The highest BCUT2D eigenvalue weighted by molar-refractivity contribution is 6.30. The van der Waals surface area contributed by atoms with Crippen molar-refractivity contribution < 1.29 is 17.9 Å². The first-order chi connectivity index (χ1) is 13.4. The molecule has 0 aliphatic carbocycles. The van der Waals surface area contributed by atoms with Crippen molar-refractivity contribution in [1.82, 2.24) is 19.5 Å². The summed E-state index contributed by atoms with van der Waals surface area (Å²) in [5, 5.41) is 0.442. The number of halogens is 4. The lowest BCUT2D eigenvalue weighted by atomic mass is 10.2. The molecular formula is C19H12ClF3N4O. The first kappa shape index (κ1) is 18.2. The molecule has 0 bridgehead atoms. The number of imidazole rings is 1. The summed E-state index contributed by atoms with van der Waals surface area (Å²) in [4.78, 5) is 12.8. The number of fused-ring (bicyclic) bond motifs is 1. The van der Waals surface area contributed by atoms with Crippen LogP contribution >= 0.6 is 11.6 Å². The second-order valence-corrected chi connectivity index (χ2v) is 6.33. The number of benzene rings is 1. The highest BCUT2D eigenvalue weighted by Crippen LogP contribution is 2.34. The molecule has 1 aromatic carbocycles. The second kappa shape index (κ2) is 6.79. The van der Waals surface area contributed by atoms with Crippen LogP contribution in [-0.4, -0.2) is 26.6 Å². The summed E-state index contributed by atoms with van der Waals surface area (Å²) in [5.74, 6) is 0.789. The van der Waals surface area contributed by atoms with Gasteiger partial charge in [-0.1, -0.05) is 11.6 Å². The lowest BCUT2D eigenvalue weighted by Crippen LogP contribution is -2.04. The van der Waals surface area contributed by atoms with E-state index in [0.29, 0.717) is 33.6 Å². The summed E-state index contributed by atoms with van der Waals surface area (Å²) in [5.41, 5.74) is 0.983. The Balaban J connectivity index is 1.98. The average Bonchev–Trinajstić information content (AvgIpc) is 3.06. The van der Waals surface area contributed by atoms with Gasteiger partial charge in [-0.25, -0.2) is 9.97 Å². The molecule has 0 unspecified atom stereocenters. The van der Waals surface area contributed by atoms with Crippen molar-refractivity contribution in [2.45, 2.75) is 6.18 Å². The van der Waals surface area contributed by atoms with Gasteiger partial charge >= 0.3 is 6.18 Å². The maximum atomic E-state index is 13.1. The van der Waals surface area contributed by atoms with Crippen LogP contribution in [0.2, 0.25) is 5.02 Å². The molecular weight excluding hydrogens is 393 g/mol. The second-order valence-electron chi connectivity index (χ2n) is 5.89. The largest absolute Gasteiger partial charge is 0.481 e. The number of methoxy groups -OCH3 is 1. The molecule has 28 heavy (non-hydrogen) atoms. The minimum atomic E-state index is -4.46. The van der Waals surface area contributed by atoms with Crippen molar-refractivity contribution in [3.63, 3.8) is 0 Å². The fourth-order valence-corrected chi connectivity index (χ4v) is 2.94. The SMILES string of the molecule is COc1ccc(-n2c(-c3ccc(Cl)cn3)nc3cc(C(F)(F)F)ccc32)cn1. The van der Waals surface area contributed by atoms with Crippen LogP contribution in [0, 0.1) is 0 Å². The molecule has 0 spiro atoms. The van der Waals surface area contributed by atoms with Crippen LogP contribution < -0.4 is 4.74 Å². The van der Waals surface area contributed by atoms with E-state index in [2.05, 4.69) is 15.0 Å². The molecule has 0 saturated carbocycles. The fourth-order valence-electron chi connectivity index (χ4n) is 2.82. The molecule has 4 rings (SSSR count). The number of nitrogens with zero attached hydrogens (tertiary/aromatic N) is 4. The smallest absolute Gasteiger partial charge is 0.416 e. The van der Waals surface area contributed by atoms with Crippen LogP contribution in [0.3, 0.4) is 0 Å². The predicted molar refractivity (Wildman–Crippen MR) is 98.7 cm³/mol. The van der Waals surface area contributed by atoms with Gasteiger partial charge in [0.1, 0.15) is 5.69 Å². The highest BCUT2D eigenvalue weighted by Gasteiger charge is 2.31. The Hall–Kier alpha value is -3.13. The summed E-state index contributed by atoms with van der Waals surface area (Å²) in [6.07, 6.45) is -1.46. The van der Waals surface area contributed by atoms with Gasteiger partial charge in [0, 0.05) is 12.3 Å². The number of pyridine rings is 2.